The summed E-state index contributed by atoms with van der Waals surface area (Å²) in [6.07, 6.45) is 0.0808. The third kappa shape index (κ3) is 5.99. The van der Waals surface area contributed by atoms with Crippen molar-refractivity contribution >= 4 is 11.9 Å². The first-order valence-electron chi connectivity index (χ1n) is 6.01. The van der Waals surface area contributed by atoms with Crippen LogP contribution in [0.2, 0.25) is 0 Å². The molecule has 4 nitrogen and oxygen atoms in total. The Kier molecular flexibility index (Phi) is 5.03. The summed E-state index contributed by atoms with van der Waals surface area (Å²) in [7, 11) is 0. The van der Waals surface area contributed by atoms with E-state index in [1.807, 2.05) is 0 Å². The number of hydrogen-bond donors (Lipinski definition) is 2. The number of halogens is 1. The van der Waals surface area contributed by atoms with E-state index in [0.29, 0.717) is 6.54 Å². The van der Waals surface area contributed by atoms with E-state index < -0.39 is 11.4 Å². The van der Waals surface area contributed by atoms with Gasteiger partial charge in [0.25, 0.3) is 0 Å². The molecule has 0 saturated heterocycles. The molecular weight excluding hydrogens is 249 g/mol. The van der Waals surface area contributed by atoms with Gasteiger partial charge in [0.15, 0.2) is 0 Å². The Morgan fingerprint density at radius 1 is 1.21 bits per heavy atom. The van der Waals surface area contributed by atoms with Crippen LogP contribution in [0.4, 0.5) is 4.39 Å². The van der Waals surface area contributed by atoms with E-state index in [0.717, 1.165) is 5.56 Å². The van der Waals surface area contributed by atoms with Crippen LogP contribution in [0, 0.1) is 11.2 Å². The third-order valence-electron chi connectivity index (χ3n) is 2.67. The van der Waals surface area contributed by atoms with Gasteiger partial charge in [-0.25, -0.2) is 4.39 Å². The van der Waals surface area contributed by atoms with Crippen molar-refractivity contribution < 1.29 is 19.1 Å². The summed E-state index contributed by atoms with van der Waals surface area (Å²) in [5, 5.41) is 11.4. The van der Waals surface area contributed by atoms with Gasteiger partial charge in [0, 0.05) is 13.0 Å². The SMILES string of the molecule is CC(C)(CC(=O)O)CC(=O)NCc1ccc(F)cc1. The van der Waals surface area contributed by atoms with Crippen molar-refractivity contribution in [3.05, 3.63) is 35.6 Å². The zero-order chi connectivity index (χ0) is 14.5. The maximum absolute atomic E-state index is 12.7. The molecule has 104 valence electrons. The first kappa shape index (κ1) is 15.1. The predicted molar refractivity (Wildman–Crippen MR) is 68.9 cm³/mol. The summed E-state index contributed by atoms with van der Waals surface area (Å²) in [6, 6.07) is 5.85. The van der Waals surface area contributed by atoms with Crippen LogP contribution < -0.4 is 5.32 Å². The molecule has 1 rings (SSSR count). The highest BCUT2D eigenvalue weighted by Crippen LogP contribution is 2.24. The van der Waals surface area contributed by atoms with E-state index in [4.69, 9.17) is 5.11 Å². The van der Waals surface area contributed by atoms with Gasteiger partial charge in [-0.2, -0.15) is 0 Å². The number of nitrogens with one attached hydrogen (secondary N) is 1. The fourth-order valence-electron chi connectivity index (χ4n) is 1.77. The number of hydrogen-bond acceptors (Lipinski definition) is 2. The van der Waals surface area contributed by atoms with Gasteiger partial charge in [-0.3, -0.25) is 9.59 Å². The van der Waals surface area contributed by atoms with E-state index in [-0.39, 0.29) is 24.6 Å². The monoisotopic (exact) mass is 267 g/mol. The second-order valence-corrected chi connectivity index (χ2v) is 5.31. The second kappa shape index (κ2) is 6.31. The van der Waals surface area contributed by atoms with E-state index in [9.17, 15) is 14.0 Å². The van der Waals surface area contributed by atoms with E-state index >= 15 is 0 Å². The summed E-state index contributed by atoms with van der Waals surface area (Å²) in [5.41, 5.74) is 0.212. The van der Waals surface area contributed by atoms with Gasteiger partial charge in [-0.15, -0.1) is 0 Å². The molecule has 0 heterocycles. The smallest absolute Gasteiger partial charge is 0.303 e. The molecule has 0 aliphatic heterocycles. The molecule has 0 radical (unpaired) electrons. The fraction of sp³-hybridized carbons (Fsp3) is 0.429. The topological polar surface area (TPSA) is 66.4 Å². The molecule has 0 aliphatic carbocycles. The van der Waals surface area contributed by atoms with Crippen molar-refractivity contribution in [2.45, 2.75) is 33.2 Å². The van der Waals surface area contributed by atoms with Crippen molar-refractivity contribution in [3.8, 4) is 0 Å². The molecule has 19 heavy (non-hydrogen) atoms. The summed E-state index contributed by atoms with van der Waals surface area (Å²) in [4.78, 5) is 22.3. The Morgan fingerprint density at radius 3 is 2.32 bits per heavy atom. The van der Waals surface area contributed by atoms with Crippen LogP contribution >= 0.6 is 0 Å². The third-order valence-corrected chi connectivity index (χ3v) is 2.67. The van der Waals surface area contributed by atoms with Gasteiger partial charge in [0.05, 0.1) is 6.42 Å². The fourth-order valence-corrected chi connectivity index (χ4v) is 1.77. The number of benzene rings is 1. The lowest BCUT2D eigenvalue weighted by atomic mass is 9.85. The molecule has 1 aromatic carbocycles. The summed E-state index contributed by atoms with van der Waals surface area (Å²) in [5.74, 6) is -1.45. The Balaban J connectivity index is 2.43. The molecule has 1 amide bonds. The molecule has 0 spiro atoms. The maximum atomic E-state index is 12.7. The molecular formula is C14H18FNO3. The quantitative estimate of drug-likeness (QED) is 0.831. The highest BCUT2D eigenvalue weighted by atomic mass is 19.1. The molecule has 0 aromatic heterocycles. The zero-order valence-electron chi connectivity index (χ0n) is 11.1. The van der Waals surface area contributed by atoms with Gasteiger partial charge < -0.3 is 10.4 Å². The minimum Gasteiger partial charge on any atom is -0.481 e. The number of carboxylic acids is 1. The lowest BCUT2D eigenvalue weighted by Crippen LogP contribution is -2.29. The molecule has 0 unspecified atom stereocenters. The predicted octanol–water partition coefficient (Wildman–Crippen LogP) is 2.33. The van der Waals surface area contributed by atoms with Crippen LogP contribution in [0.25, 0.3) is 0 Å². The van der Waals surface area contributed by atoms with Crippen LogP contribution in [0.1, 0.15) is 32.3 Å². The van der Waals surface area contributed by atoms with Gasteiger partial charge in [-0.05, 0) is 23.1 Å². The Hall–Kier alpha value is -1.91. The van der Waals surface area contributed by atoms with Crippen molar-refractivity contribution in [2.24, 2.45) is 5.41 Å². The maximum Gasteiger partial charge on any atom is 0.303 e. The first-order chi connectivity index (χ1) is 8.78. The minimum absolute atomic E-state index is 0.0586. The molecule has 5 heteroatoms. The molecule has 0 saturated carbocycles. The minimum atomic E-state index is -0.920. The summed E-state index contributed by atoms with van der Waals surface area (Å²) < 4.78 is 12.7. The van der Waals surface area contributed by atoms with Gasteiger partial charge in [-0.1, -0.05) is 26.0 Å². The van der Waals surface area contributed by atoms with Crippen LogP contribution in [0.15, 0.2) is 24.3 Å². The number of rotatable bonds is 6. The van der Waals surface area contributed by atoms with Crippen LogP contribution in [0.5, 0.6) is 0 Å². The standard InChI is InChI=1S/C14H18FNO3/c1-14(2,8-13(18)19)7-12(17)16-9-10-3-5-11(15)6-4-10/h3-6H,7-9H2,1-2H3,(H,16,17)(H,18,19). The van der Waals surface area contributed by atoms with Crippen LogP contribution in [0.3, 0.4) is 0 Å². The van der Waals surface area contributed by atoms with E-state index in [2.05, 4.69) is 5.32 Å². The van der Waals surface area contributed by atoms with Gasteiger partial charge in [0.1, 0.15) is 5.82 Å². The van der Waals surface area contributed by atoms with E-state index in [1.165, 1.54) is 12.1 Å². The average Bonchev–Trinajstić information content (AvgIpc) is 2.25. The number of carbonyl (C=O) groups excluding carboxylic acids is 1. The highest BCUT2D eigenvalue weighted by molar-refractivity contribution is 5.77. The molecule has 0 fully saturated rings. The highest BCUT2D eigenvalue weighted by Gasteiger charge is 2.24. The lowest BCUT2D eigenvalue weighted by molar-refractivity contribution is -0.139. The number of amides is 1. The van der Waals surface area contributed by atoms with E-state index in [1.54, 1.807) is 26.0 Å². The molecule has 1 aromatic rings. The van der Waals surface area contributed by atoms with Gasteiger partial charge in [0.2, 0.25) is 5.91 Å². The van der Waals surface area contributed by atoms with Gasteiger partial charge >= 0.3 is 5.97 Å². The van der Waals surface area contributed by atoms with Crippen molar-refractivity contribution in [1.29, 1.82) is 0 Å². The molecule has 2 N–H and O–H groups in total. The summed E-state index contributed by atoms with van der Waals surface area (Å²) >= 11 is 0. The molecule has 0 aliphatic rings. The first-order valence-corrected chi connectivity index (χ1v) is 6.01. The zero-order valence-corrected chi connectivity index (χ0v) is 11.1. The largest absolute Gasteiger partial charge is 0.481 e. The Bertz CT molecular complexity index is 454. The van der Waals surface area contributed by atoms with Crippen molar-refractivity contribution in [2.75, 3.05) is 0 Å². The van der Waals surface area contributed by atoms with Crippen molar-refractivity contribution in [1.82, 2.24) is 5.32 Å². The number of carboxylic acid groups (broad SMARTS) is 1. The number of carbonyl (C=O) groups is 2. The molecule has 0 atom stereocenters. The van der Waals surface area contributed by atoms with Crippen molar-refractivity contribution in [3.63, 3.8) is 0 Å². The van der Waals surface area contributed by atoms with Crippen LogP contribution in [-0.4, -0.2) is 17.0 Å². The number of aliphatic carboxylic acids is 1. The Labute approximate surface area is 111 Å². The summed E-state index contributed by atoms with van der Waals surface area (Å²) in [6.45, 7) is 3.78. The van der Waals surface area contributed by atoms with Crippen LogP contribution in [-0.2, 0) is 16.1 Å². The normalized spacial score (nSPS) is 11.1. The average molecular weight is 267 g/mol. The Morgan fingerprint density at radius 2 is 1.79 bits per heavy atom. The second-order valence-electron chi connectivity index (χ2n) is 5.31. The molecule has 0 bridgehead atoms. The lowest BCUT2D eigenvalue weighted by Gasteiger charge is -2.21.